The Kier molecular flexibility index (Phi) is 3.46. The quantitative estimate of drug-likeness (QED) is 0.918. The summed E-state index contributed by atoms with van der Waals surface area (Å²) in [7, 11) is 0. The third-order valence-corrected chi connectivity index (χ3v) is 2.55. The van der Waals surface area contributed by atoms with Crippen LogP contribution in [0.25, 0.3) is 0 Å². The second-order valence-electron chi connectivity index (χ2n) is 3.93. The van der Waals surface area contributed by atoms with Crippen LogP contribution in [0.1, 0.15) is 15.9 Å². The predicted octanol–water partition coefficient (Wildman–Crippen LogP) is 3.76. The van der Waals surface area contributed by atoms with Gasteiger partial charge in [-0.2, -0.15) is 0 Å². The fourth-order valence-electron chi connectivity index (χ4n) is 1.62. The van der Waals surface area contributed by atoms with Gasteiger partial charge in [0.05, 0.1) is 0 Å². The first-order valence-electron chi connectivity index (χ1n) is 5.45. The van der Waals surface area contributed by atoms with Crippen LogP contribution < -0.4 is 4.74 Å². The van der Waals surface area contributed by atoms with Crippen molar-refractivity contribution >= 4 is 5.97 Å². The van der Waals surface area contributed by atoms with Crippen molar-refractivity contribution < 1.29 is 23.4 Å². The first-order valence-corrected chi connectivity index (χ1v) is 5.45. The number of aryl methyl sites for hydroxylation is 1. The lowest BCUT2D eigenvalue weighted by Gasteiger charge is -2.12. The molecule has 98 valence electrons. The van der Waals surface area contributed by atoms with Crippen LogP contribution in [-0.2, 0) is 0 Å². The Labute approximate surface area is 108 Å². The lowest BCUT2D eigenvalue weighted by atomic mass is 10.1. The minimum atomic E-state index is -1.20. The highest BCUT2D eigenvalue weighted by Gasteiger charge is 2.16. The van der Waals surface area contributed by atoms with Crippen molar-refractivity contribution in [2.45, 2.75) is 6.92 Å². The first kappa shape index (κ1) is 13.0. The fraction of sp³-hybridized carbons (Fsp3) is 0.0714. The van der Waals surface area contributed by atoms with Crippen molar-refractivity contribution in [3.05, 3.63) is 59.2 Å². The van der Waals surface area contributed by atoms with Gasteiger partial charge < -0.3 is 9.84 Å². The third kappa shape index (κ3) is 2.70. The monoisotopic (exact) mass is 264 g/mol. The van der Waals surface area contributed by atoms with Gasteiger partial charge in [0, 0.05) is 6.07 Å². The Morgan fingerprint density at radius 2 is 1.95 bits per heavy atom. The minimum absolute atomic E-state index is 0.000463. The molecule has 0 fully saturated rings. The molecule has 3 nitrogen and oxygen atoms in total. The van der Waals surface area contributed by atoms with Gasteiger partial charge in [-0.05, 0) is 30.7 Å². The highest BCUT2D eigenvalue weighted by atomic mass is 19.1. The van der Waals surface area contributed by atoms with Gasteiger partial charge in [-0.25, -0.2) is 13.6 Å². The molecule has 1 N–H and O–H groups in total. The van der Waals surface area contributed by atoms with E-state index in [2.05, 4.69) is 0 Å². The maximum atomic E-state index is 13.5. The highest BCUT2D eigenvalue weighted by Crippen LogP contribution is 2.31. The molecule has 0 unspecified atom stereocenters. The molecule has 0 spiro atoms. The van der Waals surface area contributed by atoms with E-state index in [1.165, 1.54) is 6.07 Å². The van der Waals surface area contributed by atoms with E-state index >= 15 is 0 Å². The average molecular weight is 264 g/mol. The third-order valence-electron chi connectivity index (χ3n) is 2.55. The van der Waals surface area contributed by atoms with Crippen LogP contribution >= 0.6 is 0 Å². The molecule has 5 heteroatoms. The zero-order chi connectivity index (χ0) is 14.0. The number of para-hydroxylation sites is 1. The number of carboxylic acids is 1. The second-order valence-corrected chi connectivity index (χ2v) is 3.93. The summed E-state index contributed by atoms with van der Waals surface area (Å²) in [5.41, 5.74) is 0.409. The number of carboxylic acid groups (broad SMARTS) is 1. The number of benzene rings is 2. The lowest BCUT2D eigenvalue weighted by Crippen LogP contribution is -2.02. The molecule has 0 aliphatic carbocycles. The second kappa shape index (κ2) is 5.06. The molecule has 0 atom stereocenters. The van der Waals surface area contributed by atoms with Crippen LogP contribution in [0, 0.1) is 18.6 Å². The first-order chi connectivity index (χ1) is 8.99. The Morgan fingerprint density at radius 3 is 2.63 bits per heavy atom. The number of ether oxygens (including phenoxy) is 1. The normalized spacial score (nSPS) is 10.3. The standard InChI is InChI=1S/C14H10F2O3/c1-8-3-2-4-10(14(17)18)13(8)19-12-7-9(15)5-6-11(12)16/h2-7H,1H3,(H,17,18). The van der Waals surface area contributed by atoms with Crippen molar-refractivity contribution in [2.24, 2.45) is 0 Å². The molecule has 0 radical (unpaired) electrons. The topological polar surface area (TPSA) is 46.5 Å². The van der Waals surface area contributed by atoms with Crippen LogP contribution in [0.15, 0.2) is 36.4 Å². The van der Waals surface area contributed by atoms with E-state index in [0.717, 1.165) is 18.2 Å². The highest BCUT2D eigenvalue weighted by molar-refractivity contribution is 5.91. The van der Waals surface area contributed by atoms with Crippen LogP contribution in [0.5, 0.6) is 11.5 Å². The Balaban J connectivity index is 2.49. The molecule has 0 saturated carbocycles. The van der Waals surface area contributed by atoms with Gasteiger partial charge >= 0.3 is 5.97 Å². The van der Waals surface area contributed by atoms with Gasteiger partial charge in [0.1, 0.15) is 17.1 Å². The molecule has 0 amide bonds. The van der Waals surface area contributed by atoms with E-state index < -0.39 is 17.6 Å². The lowest BCUT2D eigenvalue weighted by molar-refractivity contribution is 0.0694. The van der Waals surface area contributed by atoms with Gasteiger partial charge in [-0.15, -0.1) is 0 Å². The summed E-state index contributed by atoms with van der Waals surface area (Å²) in [6, 6.07) is 7.25. The molecule has 19 heavy (non-hydrogen) atoms. The van der Waals surface area contributed by atoms with E-state index in [9.17, 15) is 13.6 Å². The number of halogens is 2. The van der Waals surface area contributed by atoms with Gasteiger partial charge in [0.2, 0.25) is 0 Å². The van der Waals surface area contributed by atoms with Crippen molar-refractivity contribution in [1.29, 1.82) is 0 Å². The molecule has 0 aliphatic heterocycles. The van der Waals surface area contributed by atoms with Crippen LogP contribution in [0.3, 0.4) is 0 Å². The smallest absolute Gasteiger partial charge is 0.339 e. The van der Waals surface area contributed by atoms with E-state index in [4.69, 9.17) is 9.84 Å². The molecule has 0 aliphatic rings. The SMILES string of the molecule is Cc1cccc(C(=O)O)c1Oc1cc(F)ccc1F. The summed E-state index contributed by atoms with van der Waals surface area (Å²) >= 11 is 0. The van der Waals surface area contributed by atoms with Gasteiger partial charge in [0.15, 0.2) is 11.6 Å². The molecule has 2 aromatic rings. The molecule has 2 rings (SSSR count). The van der Waals surface area contributed by atoms with Gasteiger partial charge in [-0.1, -0.05) is 12.1 Å². The average Bonchev–Trinajstić information content (AvgIpc) is 2.35. The van der Waals surface area contributed by atoms with E-state index in [0.29, 0.717) is 5.56 Å². The van der Waals surface area contributed by atoms with Crippen molar-refractivity contribution in [2.75, 3.05) is 0 Å². The molecular weight excluding hydrogens is 254 g/mol. The van der Waals surface area contributed by atoms with Crippen LogP contribution in [0.4, 0.5) is 8.78 Å². The Bertz CT molecular complexity index is 639. The summed E-state index contributed by atoms with van der Waals surface area (Å²) in [6.45, 7) is 1.62. The maximum Gasteiger partial charge on any atom is 0.339 e. The molecule has 0 bridgehead atoms. The predicted molar refractivity (Wildman–Crippen MR) is 64.6 cm³/mol. The number of aromatic carboxylic acids is 1. The zero-order valence-electron chi connectivity index (χ0n) is 9.98. The molecule has 0 saturated heterocycles. The number of hydrogen-bond acceptors (Lipinski definition) is 2. The summed E-state index contributed by atoms with van der Waals surface area (Å²) in [5.74, 6) is -2.98. The van der Waals surface area contributed by atoms with E-state index in [1.807, 2.05) is 0 Å². The Hall–Kier alpha value is -2.43. The number of rotatable bonds is 3. The van der Waals surface area contributed by atoms with Gasteiger partial charge in [-0.3, -0.25) is 0 Å². The summed E-state index contributed by atoms with van der Waals surface area (Å²) in [6.07, 6.45) is 0. The summed E-state index contributed by atoms with van der Waals surface area (Å²) < 4.78 is 31.7. The van der Waals surface area contributed by atoms with Crippen molar-refractivity contribution in [3.63, 3.8) is 0 Å². The molecule has 2 aromatic carbocycles. The minimum Gasteiger partial charge on any atom is -0.478 e. The van der Waals surface area contributed by atoms with Crippen molar-refractivity contribution in [1.82, 2.24) is 0 Å². The molecule has 0 aromatic heterocycles. The van der Waals surface area contributed by atoms with Gasteiger partial charge in [0.25, 0.3) is 0 Å². The maximum absolute atomic E-state index is 13.5. The number of hydrogen-bond donors (Lipinski definition) is 1. The van der Waals surface area contributed by atoms with E-state index in [-0.39, 0.29) is 17.1 Å². The molecular formula is C14H10F2O3. The molecule has 0 heterocycles. The van der Waals surface area contributed by atoms with Crippen LogP contribution in [-0.4, -0.2) is 11.1 Å². The largest absolute Gasteiger partial charge is 0.478 e. The zero-order valence-corrected chi connectivity index (χ0v) is 9.98. The summed E-state index contributed by atoms with van der Waals surface area (Å²) in [5, 5.41) is 9.04. The Morgan fingerprint density at radius 1 is 1.21 bits per heavy atom. The summed E-state index contributed by atoms with van der Waals surface area (Å²) in [4.78, 5) is 11.1. The number of carbonyl (C=O) groups is 1. The fourth-order valence-corrected chi connectivity index (χ4v) is 1.62. The van der Waals surface area contributed by atoms with E-state index in [1.54, 1.807) is 19.1 Å². The van der Waals surface area contributed by atoms with Crippen LogP contribution in [0.2, 0.25) is 0 Å². The van der Waals surface area contributed by atoms with Crippen molar-refractivity contribution in [3.8, 4) is 11.5 Å².